The maximum Gasteiger partial charge on any atom is 0.147 e. The highest BCUT2D eigenvalue weighted by Crippen LogP contribution is 2.36. The van der Waals surface area contributed by atoms with Gasteiger partial charge in [0.25, 0.3) is 0 Å². The fraction of sp³-hybridized carbons (Fsp3) is 0.750. The summed E-state index contributed by atoms with van der Waals surface area (Å²) in [6, 6.07) is 0.966. The molecule has 0 bridgehead atoms. The Balaban J connectivity index is 2.01. The van der Waals surface area contributed by atoms with Crippen molar-refractivity contribution in [1.82, 2.24) is 15.3 Å². The lowest BCUT2D eigenvalue weighted by atomic mass is 10.2. The summed E-state index contributed by atoms with van der Waals surface area (Å²) in [5, 5.41) is 3.36. The Hall–Kier alpha value is -1.20. The fourth-order valence-corrected chi connectivity index (χ4v) is 2.45. The van der Waals surface area contributed by atoms with Crippen molar-refractivity contribution >= 4 is 5.82 Å². The molecule has 0 spiro atoms. The van der Waals surface area contributed by atoms with Crippen LogP contribution >= 0.6 is 0 Å². The summed E-state index contributed by atoms with van der Waals surface area (Å²) in [5.41, 5.74) is 0.984. The second-order valence-electron chi connectivity index (χ2n) is 6.17. The second kappa shape index (κ2) is 7.71. The molecular formula is C16H28N4O. The number of nitrogens with one attached hydrogen (secondary N) is 1. The summed E-state index contributed by atoms with van der Waals surface area (Å²) >= 11 is 0. The van der Waals surface area contributed by atoms with Gasteiger partial charge in [-0.1, -0.05) is 13.8 Å². The van der Waals surface area contributed by atoms with Crippen LogP contribution in [0.2, 0.25) is 0 Å². The molecule has 1 heterocycles. The van der Waals surface area contributed by atoms with Crippen molar-refractivity contribution in [2.24, 2.45) is 5.92 Å². The molecule has 5 heteroatoms. The zero-order valence-corrected chi connectivity index (χ0v) is 13.7. The molecular weight excluding hydrogens is 264 g/mol. The van der Waals surface area contributed by atoms with Gasteiger partial charge in [-0.15, -0.1) is 0 Å². The molecule has 118 valence electrons. The number of hydrogen-bond acceptors (Lipinski definition) is 5. The van der Waals surface area contributed by atoms with Crippen LogP contribution in [0.25, 0.3) is 0 Å². The van der Waals surface area contributed by atoms with Crippen LogP contribution < -0.4 is 10.2 Å². The Labute approximate surface area is 128 Å². The standard InChI is InChI=1S/C16H28N4O/c1-12(2)17-9-15-10-19-16(11-18-15)20(7-8-21-4)13(3)14-5-6-14/h10-14,17H,5-9H2,1-4H3. The normalized spacial score (nSPS) is 16.2. The van der Waals surface area contributed by atoms with Gasteiger partial charge in [-0.2, -0.15) is 0 Å². The first-order chi connectivity index (χ1) is 10.1. The lowest BCUT2D eigenvalue weighted by Crippen LogP contribution is -2.38. The van der Waals surface area contributed by atoms with Crippen LogP contribution in [-0.4, -0.2) is 42.3 Å². The van der Waals surface area contributed by atoms with E-state index in [4.69, 9.17) is 4.74 Å². The van der Waals surface area contributed by atoms with E-state index in [1.165, 1.54) is 12.8 Å². The van der Waals surface area contributed by atoms with E-state index >= 15 is 0 Å². The predicted octanol–water partition coefficient (Wildman–Crippen LogP) is 2.23. The van der Waals surface area contributed by atoms with Crippen molar-refractivity contribution in [2.75, 3.05) is 25.2 Å². The first-order valence-corrected chi connectivity index (χ1v) is 7.91. The lowest BCUT2D eigenvalue weighted by Gasteiger charge is -2.30. The smallest absolute Gasteiger partial charge is 0.147 e. The SMILES string of the molecule is COCCN(c1cnc(CNC(C)C)cn1)C(C)C1CC1. The van der Waals surface area contributed by atoms with Gasteiger partial charge in [0, 0.05) is 32.3 Å². The third-order valence-corrected chi connectivity index (χ3v) is 4.01. The van der Waals surface area contributed by atoms with E-state index < -0.39 is 0 Å². The van der Waals surface area contributed by atoms with Crippen LogP contribution in [0.3, 0.4) is 0 Å². The van der Waals surface area contributed by atoms with Gasteiger partial charge >= 0.3 is 0 Å². The van der Waals surface area contributed by atoms with E-state index in [0.717, 1.165) is 37.1 Å². The number of nitrogens with zero attached hydrogens (tertiary/aromatic N) is 3. The molecule has 1 fully saturated rings. The number of methoxy groups -OCH3 is 1. The molecule has 1 aromatic heterocycles. The second-order valence-corrected chi connectivity index (χ2v) is 6.17. The summed E-state index contributed by atoms with van der Waals surface area (Å²) in [5.74, 6) is 1.76. The first-order valence-electron chi connectivity index (χ1n) is 7.91. The Morgan fingerprint density at radius 2 is 2.05 bits per heavy atom. The van der Waals surface area contributed by atoms with E-state index in [9.17, 15) is 0 Å². The molecule has 1 atom stereocenters. The minimum absolute atomic E-state index is 0.458. The van der Waals surface area contributed by atoms with Crippen LogP contribution in [0, 0.1) is 5.92 Å². The molecule has 1 aliphatic rings. The van der Waals surface area contributed by atoms with Gasteiger partial charge in [-0.3, -0.25) is 4.98 Å². The van der Waals surface area contributed by atoms with Gasteiger partial charge in [0.1, 0.15) is 5.82 Å². The highest BCUT2D eigenvalue weighted by atomic mass is 16.5. The van der Waals surface area contributed by atoms with Crippen LogP contribution in [0.15, 0.2) is 12.4 Å². The Morgan fingerprint density at radius 3 is 2.57 bits per heavy atom. The monoisotopic (exact) mass is 292 g/mol. The van der Waals surface area contributed by atoms with Crippen molar-refractivity contribution in [3.63, 3.8) is 0 Å². The fourth-order valence-electron chi connectivity index (χ4n) is 2.45. The molecule has 0 aliphatic heterocycles. The number of anilines is 1. The molecule has 0 amide bonds. The first kappa shape index (κ1) is 16.2. The zero-order valence-electron chi connectivity index (χ0n) is 13.7. The van der Waals surface area contributed by atoms with E-state index in [0.29, 0.717) is 12.1 Å². The predicted molar refractivity (Wildman–Crippen MR) is 85.4 cm³/mol. The van der Waals surface area contributed by atoms with E-state index in [1.807, 2.05) is 12.4 Å². The Bertz CT molecular complexity index is 417. The molecule has 2 rings (SSSR count). The molecule has 1 saturated carbocycles. The van der Waals surface area contributed by atoms with Crippen LogP contribution in [0.4, 0.5) is 5.82 Å². The summed E-state index contributed by atoms with van der Waals surface area (Å²) in [6.07, 6.45) is 6.43. The lowest BCUT2D eigenvalue weighted by molar-refractivity contribution is 0.202. The minimum Gasteiger partial charge on any atom is -0.383 e. The zero-order chi connectivity index (χ0) is 15.2. The Kier molecular flexibility index (Phi) is 5.94. The average molecular weight is 292 g/mol. The van der Waals surface area contributed by atoms with Crippen molar-refractivity contribution in [3.05, 3.63) is 18.1 Å². The maximum atomic E-state index is 5.23. The number of ether oxygens (including phenoxy) is 1. The highest BCUT2D eigenvalue weighted by molar-refractivity contribution is 5.38. The largest absolute Gasteiger partial charge is 0.383 e. The van der Waals surface area contributed by atoms with Crippen LogP contribution in [0.5, 0.6) is 0 Å². The third kappa shape index (κ3) is 4.93. The molecule has 21 heavy (non-hydrogen) atoms. The number of rotatable bonds is 9. The average Bonchev–Trinajstić information content (AvgIpc) is 3.31. The maximum absolute atomic E-state index is 5.23. The van der Waals surface area contributed by atoms with Crippen molar-refractivity contribution in [1.29, 1.82) is 0 Å². The van der Waals surface area contributed by atoms with E-state index in [1.54, 1.807) is 7.11 Å². The minimum atomic E-state index is 0.458. The molecule has 1 aromatic rings. The topological polar surface area (TPSA) is 50.3 Å². The van der Waals surface area contributed by atoms with Gasteiger partial charge in [0.05, 0.1) is 24.7 Å². The van der Waals surface area contributed by atoms with Gasteiger partial charge in [-0.25, -0.2) is 4.98 Å². The molecule has 5 nitrogen and oxygen atoms in total. The number of hydrogen-bond donors (Lipinski definition) is 1. The van der Waals surface area contributed by atoms with Crippen LogP contribution in [-0.2, 0) is 11.3 Å². The summed E-state index contributed by atoms with van der Waals surface area (Å²) in [6.45, 7) is 8.89. The van der Waals surface area contributed by atoms with E-state index in [2.05, 4.69) is 41.0 Å². The van der Waals surface area contributed by atoms with Crippen LogP contribution in [0.1, 0.15) is 39.3 Å². The summed E-state index contributed by atoms with van der Waals surface area (Å²) in [7, 11) is 1.74. The Morgan fingerprint density at radius 1 is 1.29 bits per heavy atom. The van der Waals surface area contributed by atoms with E-state index in [-0.39, 0.29) is 0 Å². The highest BCUT2D eigenvalue weighted by Gasteiger charge is 2.32. The van der Waals surface area contributed by atoms with Gasteiger partial charge in [0.2, 0.25) is 0 Å². The molecule has 0 saturated heterocycles. The molecule has 0 radical (unpaired) electrons. The summed E-state index contributed by atoms with van der Waals surface area (Å²) < 4.78 is 5.23. The van der Waals surface area contributed by atoms with Crippen molar-refractivity contribution in [3.8, 4) is 0 Å². The van der Waals surface area contributed by atoms with Gasteiger partial charge in [-0.05, 0) is 25.7 Å². The number of aromatic nitrogens is 2. The molecule has 0 aromatic carbocycles. The molecule has 1 unspecified atom stereocenters. The van der Waals surface area contributed by atoms with Gasteiger partial charge < -0.3 is 15.0 Å². The van der Waals surface area contributed by atoms with Crippen molar-refractivity contribution < 1.29 is 4.74 Å². The summed E-state index contributed by atoms with van der Waals surface area (Å²) in [4.78, 5) is 11.5. The van der Waals surface area contributed by atoms with Crippen molar-refractivity contribution in [2.45, 2.75) is 52.2 Å². The molecule has 1 N–H and O–H groups in total. The van der Waals surface area contributed by atoms with Gasteiger partial charge in [0.15, 0.2) is 0 Å². The third-order valence-electron chi connectivity index (χ3n) is 4.01. The quantitative estimate of drug-likeness (QED) is 0.756. The molecule has 1 aliphatic carbocycles.